The first-order valence-corrected chi connectivity index (χ1v) is 6.03. The van der Waals surface area contributed by atoms with E-state index in [9.17, 15) is 14.7 Å². The van der Waals surface area contributed by atoms with Gasteiger partial charge >= 0.3 is 12.0 Å². The van der Waals surface area contributed by atoms with Crippen molar-refractivity contribution in [1.82, 2.24) is 4.90 Å². The molecule has 17 heavy (non-hydrogen) atoms. The van der Waals surface area contributed by atoms with Crippen molar-refractivity contribution in [2.24, 2.45) is 0 Å². The van der Waals surface area contributed by atoms with Crippen LogP contribution in [0.5, 0.6) is 0 Å². The highest BCUT2D eigenvalue weighted by molar-refractivity contribution is 7.08. The van der Waals surface area contributed by atoms with E-state index in [0.717, 1.165) is 4.90 Å². The molecule has 6 nitrogen and oxygen atoms in total. The highest BCUT2D eigenvalue weighted by atomic mass is 32.1. The smallest absolute Gasteiger partial charge is 0.326 e. The lowest BCUT2D eigenvalue weighted by Crippen LogP contribution is -2.42. The number of hydrogen-bond donors (Lipinski definition) is 3. The Hall–Kier alpha value is -1.60. The fraction of sp³-hybridized carbons (Fsp3) is 0.400. The van der Waals surface area contributed by atoms with Crippen LogP contribution >= 0.6 is 11.3 Å². The fourth-order valence-corrected chi connectivity index (χ4v) is 2.39. The van der Waals surface area contributed by atoms with Gasteiger partial charge in [-0.15, -0.1) is 0 Å². The molecule has 7 heteroatoms. The molecule has 1 aromatic rings. The van der Waals surface area contributed by atoms with Crippen molar-refractivity contribution in [1.29, 1.82) is 0 Å². The molecule has 1 aliphatic heterocycles. The minimum Gasteiger partial charge on any atom is -0.480 e. The van der Waals surface area contributed by atoms with Gasteiger partial charge in [-0.2, -0.15) is 11.3 Å². The molecule has 0 aromatic carbocycles. The second-order valence-corrected chi connectivity index (χ2v) is 4.62. The van der Waals surface area contributed by atoms with Crippen molar-refractivity contribution < 1.29 is 19.8 Å². The van der Waals surface area contributed by atoms with E-state index in [-0.39, 0.29) is 13.0 Å². The van der Waals surface area contributed by atoms with Gasteiger partial charge in [-0.25, -0.2) is 9.59 Å². The number of likely N-dealkylation sites (tertiary alicyclic amines) is 1. The van der Waals surface area contributed by atoms with Crippen molar-refractivity contribution in [2.75, 3.05) is 11.9 Å². The molecule has 92 valence electrons. The molecule has 0 bridgehead atoms. The minimum atomic E-state index is -1.10. The van der Waals surface area contributed by atoms with Crippen molar-refractivity contribution >= 4 is 29.0 Å². The first-order chi connectivity index (χ1) is 8.08. The maximum absolute atomic E-state index is 11.8. The molecule has 1 aliphatic rings. The molecule has 2 heterocycles. The molecule has 2 amide bonds. The van der Waals surface area contributed by atoms with Crippen molar-refractivity contribution in [3.05, 3.63) is 16.8 Å². The summed E-state index contributed by atoms with van der Waals surface area (Å²) in [6, 6.07) is 0.279. The second-order valence-electron chi connectivity index (χ2n) is 3.84. The van der Waals surface area contributed by atoms with Crippen LogP contribution in [-0.2, 0) is 4.79 Å². The number of rotatable bonds is 2. The molecule has 0 unspecified atom stereocenters. The number of aliphatic hydroxyl groups excluding tert-OH is 1. The third-order valence-electron chi connectivity index (χ3n) is 2.60. The van der Waals surface area contributed by atoms with Gasteiger partial charge in [0.1, 0.15) is 6.04 Å². The summed E-state index contributed by atoms with van der Waals surface area (Å²) in [6.45, 7) is 0.0485. The van der Waals surface area contributed by atoms with E-state index in [1.54, 1.807) is 11.4 Å². The van der Waals surface area contributed by atoms with Crippen LogP contribution in [0.4, 0.5) is 10.5 Å². The monoisotopic (exact) mass is 256 g/mol. The number of β-amino-alcohol motifs (C(OH)–C–C–N with tert-alkyl or cyclic N) is 1. The van der Waals surface area contributed by atoms with Crippen LogP contribution in [0.1, 0.15) is 6.42 Å². The summed E-state index contributed by atoms with van der Waals surface area (Å²) in [5, 5.41) is 24.5. The van der Waals surface area contributed by atoms with Gasteiger partial charge in [0, 0.05) is 18.3 Å². The number of aliphatic carboxylic acids is 1. The Bertz CT molecular complexity index is 420. The summed E-state index contributed by atoms with van der Waals surface area (Å²) in [6.07, 6.45) is -0.698. The Morgan fingerprint density at radius 3 is 2.88 bits per heavy atom. The summed E-state index contributed by atoms with van der Waals surface area (Å²) >= 11 is 1.43. The molecule has 1 saturated heterocycles. The van der Waals surface area contributed by atoms with Gasteiger partial charge in [0.25, 0.3) is 0 Å². The van der Waals surface area contributed by atoms with Crippen molar-refractivity contribution in [3.8, 4) is 0 Å². The van der Waals surface area contributed by atoms with Crippen LogP contribution in [0.25, 0.3) is 0 Å². The maximum atomic E-state index is 11.8. The first-order valence-electron chi connectivity index (χ1n) is 5.08. The molecular formula is C10H12N2O4S. The van der Waals surface area contributed by atoms with E-state index >= 15 is 0 Å². The summed E-state index contributed by atoms with van der Waals surface area (Å²) in [7, 11) is 0. The Morgan fingerprint density at radius 2 is 2.29 bits per heavy atom. The lowest BCUT2D eigenvalue weighted by Gasteiger charge is -2.21. The standard InChI is InChI=1S/C10H12N2O4S/c13-7-3-8(9(14)15)12(4-7)10(16)11-6-1-2-17-5-6/h1-2,5,7-8,13H,3-4H2,(H,11,16)(H,14,15)/t7-,8-/m1/s1. The molecule has 2 atom stereocenters. The number of anilines is 1. The maximum Gasteiger partial charge on any atom is 0.326 e. The quantitative estimate of drug-likeness (QED) is 0.730. The summed E-state index contributed by atoms with van der Waals surface area (Å²) in [4.78, 5) is 23.9. The van der Waals surface area contributed by atoms with Crippen LogP contribution < -0.4 is 5.32 Å². The number of carboxylic acid groups (broad SMARTS) is 1. The van der Waals surface area contributed by atoms with Crippen LogP contribution in [0.15, 0.2) is 16.8 Å². The van der Waals surface area contributed by atoms with Gasteiger partial charge in [0.05, 0.1) is 11.8 Å². The summed E-state index contributed by atoms with van der Waals surface area (Å²) < 4.78 is 0. The van der Waals surface area contributed by atoms with Crippen molar-refractivity contribution in [3.63, 3.8) is 0 Å². The second kappa shape index (κ2) is 4.72. The number of aliphatic hydroxyl groups is 1. The fourth-order valence-electron chi connectivity index (χ4n) is 1.80. The molecule has 1 aromatic heterocycles. The number of hydrogen-bond acceptors (Lipinski definition) is 4. The molecule has 0 radical (unpaired) electrons. The third-order valence-corrected chi connectivity index (χ3v) is 3.28. The van der Waals surface area contributed by atoms with Gasteiger partial charge in [-0.3, -0.25) is 0 Å². The zero-order valence-corrected chi connectivity index (χ0v) is 9.68. The number of amides is 2. The number of nitrogens with zero attached hydrogens (tertiary/aromatic N) is 1. The molecule has 0 aliphatic carbocycles. The predicted molar refractivity (Wildman–Crippen MR) is 62.1 cm³/mol. The Kier molecular flexibility index (Phi) is 3.30. The predicted octanol–water partition coefficient (Wildman–Crippen LogP) is 0.800. The Morgan fingerprint density at radius 1 is 1.53 bits per heavy atom. The van der Waals surface area contributed by atoms with Gasteiger partial charge < -0.3 is 20.4 Å². The molecule has 0 spiro atoms. The minimum absolute atomic E-state index is 0.0485. The largest absolute Gasteiger partial charge is 0.480 e. The normalized spacial score (nSPS) is 23.7. The Balaban J connectivity index is 2.05. The van der Waals surface area contributed by atoms with E-state index in [0.29, 0.717) is 5.69 Å². The van der Waals surface area contributed by atoms with Gasteiger partial charge in [-0.05, 0) is 11.4 Å². The lowest BCUT2D eigenvalue weighted by atomic mass is 10.2. The summed E-state index contributed by atoms with van der Waals surface area (Å²) in [5.74, 6) is -1.10. The van der Waals surface area contributed by atoms with Crippen molar-refractivity contribution in [2.45, 2.75) is 18.6 Å². The number of carboxylic acids is 1. The molecule has 3 N–H and O–H groups in total. The van der Waals surface area contributed by atoms with Gasteiger partial charge in [0.15, 0.2) is 0 Å². The number of nitrogens with one attached hydrogen (secondary N) is 1. The van der Waals surface area contributed by atoms with E-state index in [1.807, 2.05) is 5.38 Å². The van der Waals surface area contributed by atoms with E-state index in [1.165, 1.54) is 11.3 Å². The van der Waals surface area contributed by atoms with Crippen LogP contribution in [0, 0.1) is 0 Å². The average molecular weight is 256 g/mol. The van der Waals surface area contributed by atoms with E-state index < -0.39 is 24.1 Å². The lowest BCUT2D eigenvalue weighted by molar-refractivity contribution is -0.141. The number of carbonyl (C=O) groups excluding carboxylic acids is 1. The SMILES string of the molecule is O=C(O)[C@H]1C[C@@H](O)CN1C(=O)Nc1ccsc1. The first kappa shape index (κ1) is 11.9. The zero-order valence-electron chi connectivity index (χ0n) is 8.87. The third kappa shape index (κ3) is 2.56. The number of thiophene rings is 1. The zero-order chi connectivity index (χ0) is 12.4. The van der Waals surface area contributed by atoms with Gasteiger partial charge in [-0.1, -0.05) is 0 Å². The number of carbonyl (C=O) groups is 2. The van der Waals surface area contributed by atoms with Gasteiger partial charge in [0.2, 0.25) is 0 Å². The molecular weight excluding hydrogens is 244 g/mol. The highest BCUT2D eigenvalue weighted by Gasteiger charge is 2.38. The van der Waals surface area contributed by atoms with E-state index in [4.69, 9.17) is 5.11 Å². The summed E-state index contributed by atoms with van der Waals surface area (Å²) in [5.41, 5.74) is 0.630. The van der Waals surface area contributed by atoms with Crippen LogP contribution in [0.2, 0.25) is 0 Å². The highest BCUT2D eigenvalue weighted by Crippen LogP contribution is 2.20. The Labute approximate surface area is 101 Å². The van der Waals surface area contributed by atoms with Crippen LogP contribution in [-0.4, -0.2) is 45.8 Å². The average Bonchev–Trinajstić information content (AvgIpc) is 2.86. The topological polar surface area (TPSA) is 89.9 Å². The molecule has 0 saturated carbocycles. The molecule has 2 rings (SSSR count). The van der Waals surface area contributed by atoms with Crippen LogP contribution in [0.3, 0.4) is 0 Å². The molecule has 1 fully saturated rings. The van der Waals surface area contributed by atoms with E-state index in [2.05, 4.69) is 5.32 Å². The number of urea groups is 1.